The molecule has 1 N–H and O–H groups in total. The number of benzene rings is 1. The van der Waals surface area contributed by atoms with Crippen LogP contribution in [-0.4, -0.2) is 40.2 Å². The highest BCUT2D eigenvalue weighted by atomic mass is 16.3. The molecule has 0 fully saturated rings. The van der Waals surface area contributed by atoms with Gasteiger partial charge in [-0.25, -0.2) is 0 Å². The van der Waals surface area contributed by atoms with Crippen LogP contribution in [0.2, 0.25) is 0 Å². The van der Waals surface area contributed by atoms with Crippen molar-refractivity contribution >= 4 is 27.4 Å². The Bertz CT molecular complexity index is 823. The molecule has 2 aromatic heterocycles. The summed E-state index contributed by atoms with van der Waals surface area (Å²) in [5, 5.41) is 15.5. The molecule has 2 heterocycles. The van der Waals surface area contributed by atoms with Crippen LogP contribution in [0, 0.1) is 4.91 Å². The molecule has 6 nitrogen and oxygen atoms in total. The first kappa shape index (κ1) is 13.5. The Kier molecular flexibility index (Phi) is 3.31. The average molecular weight is 284 g/mol. The molecule has 6 heteroatoms. The first-order valence-electron chi connectivity index (χ1n) is 6.69. The number of rotatable bonds is 4. The molecule has 0 amide bonds. The number of aromatic hydroxyl groups is 1. The van der Waals surface area contributed by atoms with Crippen molar-refractivity contribution in [1.29, 1.82) is 0 Å². The van der Waals surface area contributed by atoms with Crippen LogP contribution in [0.3, 0.4) is 0 Å². The Morgan fingerprint density at radius 2 is 2.10 bits per heavy atom. The molecule has 21 heavy (non-hydrogen) atoms. The molecule has 0 radical (unpaired) electrons. The van der Waals surface area contributed by atoms with Gasteiger partial charge in [0.15, 0.2) is 0 Å². The van der Waals surface area contributed by atoms with Crippen molar-refractivity contribution in [2.24, 2.45) is 5.18 Å². The van der Waals surface area contributed by atoms with Gasteiger partial charge in [0.1, 0.15) is 11.4 Å². The minimum absolute atomic E-state index is 0.143. The van der Waals surface area contributed by atoms with Gasteiger partial charge in [0.25, 0.3) is 0 Å². The summed E-state index contributed by atoms with van der Waals surface area (Å²) >= 11 is 0. The fourth-order valence-electron chi connectivity index (χ4n) is 2.58. The number of pyridine rings is 1. The van der Waals surface area contributed by atoms with E-state index in [1.54, 1.807) is 18.5 Å². The Morgan fingerprint density at radius 3 is 2.81 bits per heavy atom. The predicted octanol–water partition coefficient (Wildman–Crippen LogP) is 2.85. The van der Waals surface area contributed by atoms with Crippen molar-refractivity contribution in [3.63, 3.8) is 0 Å². The van der Waals surface area contributed by atoms with Crippen LogP contribution in [0.1, 0.15) is 0 Å². The van der Waals surface area contributed by atoms with Gasteiger partial charge in [-0.2, -0.15) is 0 Å². The van der Waals surface area contributed by atoms with Crippen LogP contribution in [0.4, 0.5) is 5.69 Å². The number of phenolic OH excluding ortho intramolecular Hbond substituents is 1. The van der Waals surface area contributed by atoms with Crippen LogP contribution >= 0.6 is 0 Å². The zero-order valence-electron chi connectivity index (χ0n) is 11.9. The van der Waals surface area contributed by atoms with E-state index >= 15 is 0 Å². The van der Waals surface area contributed by atoms with Gasteiger partial charge in [-0.1, -0.05) is 0 Å². The van der Waals surface area contributed by atoms with Gasteiger partial charge in [-0.15, -0.1) is 4.91 Å². The number of hydrogen-bond acceptors (Lipinski definition) is 5. The second-order valence-corrected chi connectivity index (χ2v) is 5.28. The van der Waals surface area contributed by atoms with Crippen molar-refractivity contribution in [2.45, 2.75) is 6.54 Å². The molecule has 3 rings (SSSR count). The number of phenols is 1. The van der Waals surface area contributed by atoms with Crippen molar-refractivity contribution in [2.75, 3.05) is 20.6 Å². The van der Waals surface area contributed by atoms with Gasteiger partial charge in [0.2, 0.25) is 0 Å². The summed E-state index contributed by atoms with van der Waals surface area (Å²) in [5.74, 6) is 0.143. The molecule has 0 aliphatic heterocycles. The average Bonchev–Trinajstić information content (AvgIpc) is 2.90. The summed E-state index contributed by atoms with van der Waals surface area (Å²) in [6, 6.07) is 3.52. The maximum atomic E-state index is 11.3. The van der Waals surface area contributed by atoms with Crippen LogP contribution in [0.25, 0.3) is 21.7 Å². The lowest BCUT2D eigenvalue weighted by Gasteiger charge is -2.13. The lowest BCUT2D eigenvalue weighted by molar-refractivity contribution is 0.385. The summed E-state index contributed by atoms with van der Waals surface area (Å²) in [7, 11) is 3.98. The second kappa shape index (κ2) is 5.14. The number of aromatic nitrogens is 2. The summed E-state index contributed by atoms with van der Waals surface area (Å²) < 4.78 is 1.94. The molecule has 0 saturated carbocycles. The van der Waals surface area contributed by atoms with Crippen LogP contribution < -0.4 is 0 Å². The van der Waals surface area contributed by atoms with Gasteiger partial charge in [0, 0.05) is 47.8 Å². The maximum absolute atomic E-state index is 11.3. The van der Waals surface area contributed by atoms with E-state index in [9.17, 15) is 10.0 Å². The zero-order chi connectivity index (χ0) is 15.0. The summed E-state index contributed by atoms with van der Waals surface area (Å²) in [4.78, 5) is 17.3. The smallest absolute Gasteiger partial charge is 0.149 e. The number of fused-ring (bicyclic) bond motifs is 2. The highest BCUT2D eigenvalue weighted by molar-refractivity contribution is 6.13. The molecule has 0 saturated heterocycles. The first-order chi connectivity index (χ1) is 10.1. The van der Waals surface area contributed by atoms with Crippen molar-refractivity contribution in [3.8, 4) is 5.75 Å². The number of nitrogens with zero attached hydrogens (tertiary/aromatic N) is 4. The maximum Gasteiger partial charge on any atom is 0.149 e. The number of nitroso groups, excluding NO2 is 1. The fourth-order valence-corrected chi connectivity index (χ4v) is 2.58. The molecule has 0 atom stereocenters. The number of hydrogen-bond donors (Lipinski definition) is 1. The van der Waals surface area contributed by atoms with E-state index in [0.29, 0.717) is 33.9 Å². The third kappa shape index (κ3) is 2.13. The minimum Gasteiger partial charge on any atom is -0.505 e. The van der Waals surface area contributed by atoms with E-state index < -0.39 is 0 Å². The van der Waals surface area contributed by atoms with E-state index in [4.69, 9.17) is 0 Å². The Balaban J connectivity index is 2.31. The molecule has 0 unspecified atom stereocenters. The Hall–Kier alpha value is -2.47. The minimum atomic E-state index is 0.143. The quantitative estimate of drug-likeness (QED) is 0.748. The van der Waals surface area contributed by atoms with E-state index in [0.717, 1.165) is 6.54 Å². The molecule has 0 bridgehead atoms. The monoisotopic (exact) mass is 284 g/mol. The molecule has 0 spiro atoms. The van der Waals surface area contributed by atoms with Crippen LogP contribution in [0.5, 0.6) is 5.75 Å². The van der Waals surface area contributed by atoms with Crippen molar-refractivity contribution in [3.05, 3.63) is 35.6 Å². The van der Waals surface area contributed by atoms with Gasteiger partial charge in [-0.3, -0.25) is 4.98 Å². The van der Waals surface area contributed by atoms with Crippen LogP contribution in [-0.2, 0) is 6.54 Å². The molecular formula is C15H16N4O2. The normalized spacial score (nSPS) is 11.6. The molecular weight excluding hydrogens is 268 g/mol. The van der Waals surface area contributed by atoms with E-state index in [-0.39, 0.29) is 5.75 Å². The fraction of sp³-hybridized carbons (Fsp3) is 0.267. The highest BCUT2D eigenvalue weighted by Gasteiger charge is 2.17. The largest absolute Gasteiger partial charge is 0.505 e. The topological polar surface area (TPSA) is 70.7 Å². The molecule has 108 valence electrons. The Labute approximate surface area is 121 Å². The lowest BCUT2D eigenvalue weighted by atomic mass is 10.1. The van der Waals surface area contributed by atoms with E-state index in [2.05, 4.69) is 15.1 Å². The summed E-state index contributed by atoms with van der Waals surface area (Å²) in [5.41, 5.74) is 0.982. The molecule has 1 aromatic carbocycles. The summed E-state index contributed by atoms with van der Waals surface area (Å²) in [6.07, 6.45) is 5.02. The van der Waals surface area contributed by atoms with Crippen molar-refractivity contribution in [1.82, 2.24) is 14.5 Å². The predicted molar refractivity (Wildman–Crippen MR) is 82.9 cm³/mol. The van der Waals surface area contributed by atoms with Gasteiger partial charge in [-0.05, 0) is 31.4 Å². The van der Waals surface area contributed by atoms with Gasteiger partial charge >= 0.3 is 0 Å². The standard InChI is InChI=1S/C15H16N4O2/c1-18(2)7-8-19-6-4-11-13(17-21)10-3-5-16-9-12(10)15(20)14(11)19/h3-6,9,20H,7-8H2,1-2H3. The highest BCUT2D eigenvalue weighted by Crippen LogP contribution is 2.42. The van der Waals surface area contributed by atoms with Gasteiger partial charge in [0.05, 0.1) is 5.52 Å². The molecule has 0 aliphatic carbocycles. The second-order valence-electron chi connectivity index (χ2n) is 5.28. The summed E-state index contributed by atoms with van der Waals surface area (Å²) in [6.45, 7) is 1.55. The number of likely N-dealkylation sites (N-methyl/N-ethyl adjacent to an activating group) is 1. The SMILES string of the molecule is CN(C)CCn1ccc2c(N=O)c3ccncc3c(O)c21. The molecule has 0 aliphatic rings. The first-order valence-corrected chi connectivity index (χ1v) is 6.69. The van der Waals surface area contributed by atoms with Crippen molar-refractivity contribution < 1.29 is 5.11 Å². The van der Waals surface area contributed by atoms with E-state index in [1.165, 1.54) is 0 Å². The third-order valence-corrected chi connectivity index (χ3v) is 3.65. The lowest BCUT2D eigenvalue weighted by Crippen LogP contribution is -2.17. The van der Waals surface area contributed by atoms with Crippen LogP contribution in [0.15, 0.2) is 35.9 Å². The third-order valence-electron chi connectivity index (χ3n) is 3.65. The Morgan fingerprint density at radius 1 is 1.29 bits per heavy atom. The zero-order valence-corrected chi connectivity index (χ0v) is 11.9. The van der Waals surface area contributed by atoms with E-state index in [1.807, 2.05) is 30.9 Å². The van der Waals surface area contributed by atoms with Gasteiger partial charge < -0.3 is 14.6 Å². The molecule has 3 aromatic rings.